The molecule has 1 aliphatic rings. The number of nitrogens with one attached hydrogen (secondary N) is 1. The van der Waals surface area contributed by atoms with Crippen molar-refractivity contribution in [2.45, 2.75) is 236 Å². The number of hydrogen-bond acceptors (Lipinski definition) is 10. The first-order chi connectivity index (χ1) is 25.0. The molecular weight excluding hydrogens is 666 g/mol. The zero-order valence-electron chi connectivity index (χ0n) is 33.2. The molecular formula is C41H81NO10. The molecule has 0 radical (unpaired) electrons. The van der Waals surface area contributed by atoms with E-state index < -0.39 is 74.2 Å². The Kier molecular flexibility index (Phi) is 29.6. The average Bonchev–Trinajstić information content (AvgIpc) is 3.13. The van der Waals surface area contributed by atoms with Gasteiger partial charge < -0.3 is 50.5 Å². The number of carbonyl (C=O) groups excluding carboxylic acids is 1. The van der Waals surface area contributed by atoms with Gasteiger partial charge in [0.05, 0.1) is 25.4 Å². The van der Waals surface area contributed by atoms with Crippen molar-refractivity contribution in [3.05, 3.63) is 0 Å². The molecule has 1 rings (SSSR count). The van der Waals surface area contributed by atoms with Gasteiger partial charge in [0.2, 0.25) is 5.91 Å². The predicted molar refractivity (Wildman–Crippen MR) is 206 cm³/mol. The molecule has 1 fully saturated rings. The van der Waals surface area contributed by atoms with Crippen LogP contribution in [-0.2, 0) is 14.3 Å². The summed E-state index contributed by atoms with van der Waals surface area (Å²) in [5, 5.41) is 75.4. The van der Waals surface area contributed by atoms with Gasteiger partial charge in [-0.15, -0.1) is 0 Å². The van der Waals surface area contributed by atoms with Crippen molar-refractivity contribution in [2.75, 3.05) is 13.2 Å². The fourth-order valence-corrected chi connectivity index (χ4v) is 6.98. The number of unbranched alkanes of at least 4 members (excludes halogenated alkanes) is 20. The first-order valence-corrected chi connectivity index (χ1v) is 21.3. The van der Waals surface area contributed by atoms with Gasteiger partial charge in [-0.2, -0.15) is 0 Å². The molecule has 0 aromatic heterocycles. The summed E-state index contributed by atoms with van der Waals surface area (Å²) in [5.74, 6) is 0.0672. The van der Waals surface area contributed by atoms with Crippen molar-refractivity contribution in [3.63, 3.8) is 0 Å². The van der Waals surface area contributed by atoms with Crippen molar-refractivity contribution in [2.24, 2.45) is 5.92 Å². The molecule has 1 aliphatic heterocycles. The predicted octanol–water partition coefficient (Wildman–Crippen LogP) is 5.80. The van der Waals surface area contributed by atoms with Crippen LogP contribution >= 0.6 is 0 Å². The smallest absolute Gasteiger partial charge is 0.249 e. The Labute approximate surface area is 316 Å². The monoisotopic (exact) mass is 748 g/mol. The molecule has 1 saturated heterocycles. The fourth-order valence-electron chi connectivity index (χ4n) is 6.98. The Bertz CT molecular complexity index is 833. The maximum absolute atomic E-state index is 13.0. The zero-order valence-corrected chi connectivity index (χ0v) is 33.2. The van der Waals surface area contributed by atoms with E-state index in [0.717, 1.165) is 44.4 Å². The second-order valence-electron chi connectivity index (χ2n) is 15.9. The summed E-state index contributed by atoms with van der Waals surface area (Å²) in [6, 6.07) is -1.16. The molecule has 0 unspecified atom stereocenters. The van der Waals surface area contributed by atoms with Crippen LogP contribution < -0.4 is 5.32 Å². The third-order valence-electron chi connectivity index (χ3n) is 10.6. The van der Waals surface area contributed by atoms with Crippen LogP contribution in [0.4, 0.5) is 0 Å². The molecule has 11 nitrogen and oxygen atoms in total. The van der Waals surface area contributed by atoms with Gasteiger partial charge in [0, 0.05) is 0 Å². The lowest BCUT2D eigenvalue weighted by molar-refractivity contribution is -0.303. The van der Waals surface area contributed by atoms with E-state index in [4.69, 9.17) is 9.47 Å². The van der Waals surface area contributed by atoms with E-state index in [-0.39, 0.29) is 6.42 Å². The SMILES string of the molecule is CCCCCCCCCCCCCCC[C@H](O)C(=O)N[C@@H](CO[C@@H]1O[C@H](CO)[C@@H](O)[C@H](O)[C@H]1O)[C@H](O)[C@H](O)CCCCCCCCCCCC(C)C. The molecule has 0 spiro atoms. The Hall–Kier alpha value is -0.890. The standard InChI is InChI=1S/C41H81NO10/c1-4-5-6-7-8-9-10-11-12-15-19-22-25-28-34(45)40(50)42-32(30-51-41-39(49)38(48)37(47)35(29-43)52-41)36(46)33(44)27-24-21-18-16-13-14-17-20-23-26-31(2)3/h31-39,41,43-49H,4-30H2,1-3H3,(H,42,50)/t32-,33+,34-,35+,36-,37+,38-,39+,41+/m0/s1. The average molecular weight is 748 g/mol. The highest BCUT2D eigenvalue weighted by atomic mass is 16.7. The molecule has 8 N–H and O–H groups in total. The minimum absolute atomic E-state index is 0.264. The summed E-state index contributed by atoms with van der Waals surface area (Å²) in [5.41, 5.74) is 0. The number of aliphatic hydroxyl groups excluding tert-OH is 7. The minimum atomic E-state index is -1.66. The van der Waals surface area contributed by atoms with Gasteiger partial charge in [-0.1, -0.05) is 168 Å². The lowest BCUT2D eigenvalue weighted by atomic mass is 9.98. The van der Waals surface area contributed by atoms with Gasteiger partial charge in [-0.3, -0.25) is 4.79 Å². The third-order valence-corrected chi connectivity index (χ3v) is 10.6. The number of rotatable bonds is 34. The van der Waals surface area contributed by atoms with Crippen LogP contribution in [0.5, 0.6) is 0 Å². The summed E-state index contributed by atoms with van der Waals surface area (Å²) < 4.78 is 11.1. The summed E-state index contributed by atoms with van der Waals surface area (Å²) in [4.78, 5) is 13.0. The van der Waals surface area contributed by atoms with E-state index in [9.17, 15) is 40.5 Å². The number of aliphatic hydroxyl groups is 7. The van der Waals surface area contributed by atoms with Gasteiger partial charge in [0.1, 0.15) is 36.6 Å². The van der Waals surface area contributed by atoms with Crippen molar-refractivity contribution in [1.82, 2.24) is 5.32 Å². The molecule has 9 atom stereocenters. The van der Waals surface area contributed by atoms with E-state index in [0.29, 0.717) is 19.3 Å². The van der Waals surface area contributed by atoms with Crippen LogP contribution in [0.15, 0.2) is 0 Å². The van der Waals surface area contributed by atoms with Gasteiger partial charge in [-0.05, 0) is 18.8 Å². The second kappa shape index (κ2) is 31.3. The lowest BCUT2D eigenvalue weighted by Crippen LogP contribution is -2.60. The lowest BCUT2D eigenvalue weighted by Gasteiger charge is -2.40. The first kappa shape index (κ1) is 49.1. The van der Waals surface area contributed by atoms with Crippen molar-refractivity contribution >= 4 is 5.91 Å². The summed E-state index contributed by atoms with van der Waals surface area (Å²) in [6.45, 7) is 5.71. The molecule has 0 aliphatic carbocycles. The number of ether oxygens (including phenoxy) is 2. The molecule has 0 aromatic rings. The van der Waals surface area contributed by atoms with Crippen LogP contribution in [0.1, 0.15) is 181 Å². The van der Waals surface area contributed by atoms with Gasteiger partial charge >= 0.3 is 0 Å². The first-order valence-electron chi connectivity index (χ1n) is 21.3. The van der Waals surface area contributed by atoms with Gasteiger partial charge in [0.25, 0.3) is 0 Å². The van der Waals surface area contributed by atoms with E-state index >= 15 is 0 Å². The highest BCUT2D eigenvalue weighted by molar-refractivity contribution is 5.80. The fraction of sp³-hybridized carbons (Fsp3) is 0.976. The Morgan fingerprint density at radius 1 is 0.635 bits per heavy atom. The summed E-state index contributed by atoms with van der Waals surface area (Å²) in [6.07, 6.45) is 15.9. The highest BCUT2D eigenvalue weighted by Crippen LogP contribution is 2.23. The quantitative estimate of drug-likeness (QED) is 0.0374. The van der Waals surface area contributed by atoms with Crippen molar-refractivity contribution in [3.8, 4) is 0 Å². The summed E-state index contributed by atoms with van der Waals surface area (Å²) in [7, 11) is 0. The maximum Gasteiger partial charge on any atom is 0.249 e. The topological polar surface area (TPSA) is 189 Å². The molecule has 1 heterocycles. The molecule has 11 heteroatoms. The molecule has 0 bridgehead atoms. The third kappa shape index (κ3) is 22.5. The van der Waals surface area contributed by atoms with Crippen molar-refractivity contribution in [1.29, 1.82) is 0 Å². The highest BCUT2D eigenvalue weighted by Gasteiger charge is 2.44. The normalized spacial score (nSPS) is 23.1. The second-order valence-corrected chi connectivity index (χ2v) is 15.9. The van der Waals surface area contributed by atoms with Crippen LogP contribution in [0, 0.1) is 5.92 Å². The van der Waals surface area contributed by atoms with Crippen LogP contribution in [0.2, 0.25) is 0 Å². The molecule has 0 aromatic carbocycles. The van der Waals surface area contributed by atoms with Gasteiger partial charge in [0.15, 0.2) is 6.29 Å². The molecule has 1 amide bonds. The van der Waals surface area contributed by atoms with Gasteiger partial charge in [-0.25, -0.2) is 0 Å². The number of hydrogen-bond donors (Lipinski definition) is 8. The van der Waals surface area contributed by atoms with E-state index in [1.807, 2.05) is 0 Å². The number of carbonyl (C=O) groups is 1. The largest absolute Gasteiger partial charge is 0.394 e. The minimum Gasteiger partial charge on any atom is -0.394 e. The molecule has 310 valence electrons. The summed E-state index contributed by atoms with van der Waals surface area (Å²) >= 11 is 0. The van der Waals surface area contributed by atoms with Crippen LogP contribution in [-0.4, -0.2) is 110 Å². The maximum atomic E-state index is 13.0. The number of amides is 1. The van der Waals surface area contributed by atoms with Crippen LogP contribution in [0.25, 0.3) is 0 Å². The Balaban J connectivity index is 2.52. The zero-order chi connectivity index (χ0) is 38.6. The Morgan fingerprint density at radius 3 is 1.54 bits per heavy atom. The van der Waals surface area contributed by atoms with E-state index in [1.165, 1.54) is 96.3 Å². The molecule has 0 saturated carbocycles. The van der Waals surface area contributed by atoms with Crippen molar-refractivity contribution < 1.29 is 50.0 Å². The Morgan fingerprint density at radius 2 is 1.08 bits per heavy atom. The van der Waals surface area contributed by atoms with E-state index in [2.05, 4.69) is 26.1 Å². The molecule has 52 heavy (non-hydrogen) atoms. The van der Waals surface area contributed by atoms with Crippen LogP contribution in [0.3, 0.4) is 0 Å². The van der Waals surface area contributed by atoms with E-state index in [1.54, 1.807) is 0 Å².